The van der Waals surface area contributed by atoms with Gasteiger partial charge in [-0.25, -0.2) is 0 Å². The Morgan fingerprint density at radius 3 is 2.40 bits per heavy atom. The number of thiocarbonyl (C=S) groups is 1. The molecule has 1 aromatic rings. The van der Waals surface area contributed by atoms with Gasteiger partial charge in [0.1, 0.15) is 0 Å². The van der Waals surface area contributed by atoms with Crippen molar-refractivity contribution in [3.05, 3.63) is 29.8 Å². The van der Waals surface area contributed by atoms with Crippen LogP contribution in [0.2, 0.25) is 0 Å². The van der Waals surface area contributed by atoms with Crippen molar-refractivity contribution < 1.29 is 0 Å². The maximum absolute atomic E-state index is 4.63. The van der Waals surface area contributed by atoms with Gasteiger partial charge in [-0.3, -0.25) is 0 Å². The van der Waals surface area contributed by atoms with E-state index >= 15 is 0 Å². The van der Waals surface area contributed by atoms with Crippen LogP contribution in [0, 0.1) is 5.92 Å². The molecule has 2 heteroatoms. The number of unbranched alkanes of at least 4 members (excludes halogenated alkanes) is 2. The third-order valence-electron chi connectivity index (χ3n) is 4.60. The summed E-state index contributed by atoms with van der Waals surface area (Å²) >= 11 is 4.63. The Labute approximate surface area is 128 Å². The van der Waals surface area contributed by atoms with Gasteiger partial charge >= 0.3 is 0 Å². The molecule has 1 nitrogen and oxygen atoms in total. The topological polar surface area (TPSA) is 12.4 Å². The predicted octanol–water partition coefficient (Wildman–Crippen LogP) is 6.28. The second-order valence-electron chi connectivity index (χ2n) is 6.01. The molecule has 0 aliphatic heterocycles. The summed E-state index contributed by atoms with van der Waals surface area (Å²) < 4.78 is 0. The van der Waals surface area contributed by atoms with Crippen LogP contribution in [-0.2, 0) is 0 Å². The molecular formula is C18H25NS. The molecule has 0 bridgehead atoms. The summed E-state index contributed by atoms with van der Waals surface area (Å²) in [5.74, 6) is 1.74. The van der Waals surface area contributed by atoms with Crippen LogP contribution in [-0.4, -0.2) is 5.16 Å². The Bertz CT molecular complexity index is 437. The number of nitrogens with zero attached hydrogens (tertiary/aromatic N) is 1. The normalized spacial score (nSPS) is 22.2. The quantitative estimate of drug-likeness (QED) is 0.341. The third-order valence-corrected chi connectivity index (χ3v) is 4.69. The first-order chi connectivity index (χ1) is 9.83. The van der Waals surface area contributed by atoms with E-state index in [1.165, 1.54) is 56.9 Å². The molecule has 20 heavy (non-hydrogen) atoms. The Morgan fingerprint density at radius 1 is 1.10 bits per heavy atom. The first-order valence-corrected chi connectivity index (χ1v) is 8.42. The van der Waals surface area contributed by atoms with Gasteiger partial charge in [-0.05, 0) is 67.4 Å². The van der Waals surface area contributed by atoms with Crippen molar-refractivity contribution in [3.63, 3.8) is 0 Å². The SMILES string of the molecule is CCCCCC1CCC(c2ccc(N=C=S)cc2)CC1. The highest BCUT2D eigenvalue weighted by atomic mass is 32.1. The summed E-state index contributed by atoms with van der Waals surface area (Å²) in [5.41, 5.74) is 2.39. The number of aliphatic imine (C=N–C) groups is 1. The lowest BCUT2D eigenvalue weighted by Gasteiger charge is -2.28. The highest BCUT2D eigenvalue weighted by Crippen LogP contribution is 2.38. The lowest BCUT2D eigenvalue weighted by Crippen LogP contribution is -2.13. The fraction of sp³-hybridized carbons (Fsp3) is 0.611. The minimum Gasteiger partial charge on any atom is -0.195 e. The number of hydrogen-bond donors (Lipinski definition) is 0. The van der Waals surface area contributed by atoms with Crippen LogP contribution in [0.4, 0.5) is 5.69 Å². The van der Waals surface area contributed by atoms with Crippen molar-refractivity contribution in [1.29, 1.82) is 0 Å². The number of benzene rings is 1. The van der Waals surface area contributed by atoms with E-state index in [1.807, 2.05) is 0 Å². The molecule has 0 radical (unpaired) electrons. The molecule has 0 heterocycles. The molecule has 0 N–H and O–H groups in total. The monoisotopic (exact) mass is 287 g/mol. The van der Waals surface area contributed by atoms with Gasteiger partial charge in [-0.2, -0.15) is 4.99 Å². The van der Waals surface area contributed by atoms with Crippen molar-refractivity contribution in [3.8, 4) is 0 Å². The number of isothiocyanates is 1. The van der Waals surface area contributed by atoms with Crippen LogP contribution >= 0.6 is 12.2 Å². The minimum absolute atomic E-state index is 0.753. The van der Waals surface area contributed by atoms with Gasteiger partial charge in [0.2, 0.25) is 0 Å². The summed E-state index contributed by atoms with van der Waals surface area (Å²) in [6.45, 7) is 2.29. The molecule has 0 amide bonds. The second kappa shape index (κ2) is 8.34. The zero-order chi connectivity index (χ0) is 14.2. The summed E-state index contributed by atoms with van der Waals surface area (Å²) in [4.78, 5) is 4.01. The third kappa shape index (κ3) is 4.54. The van der Waals surface area contributed by atoms with Gasteiger partial charge in [0.25, 0.3) is 0 Å². The maximum Gasteiger partial charge on any atom is 0.0739 e. The van der Waals surface area contributed by atoms with Crippen molar-refractivity contribution in [2.24, 2.45) is 10.9 Å². The molecule has 1 fully saturated rings. The van der Waals surface area contributed by atoms with Crippen LogP contribution < -0.4 is 0 Å². The van der Waals surface area contributed by atoms with Gasteiger partial charge in [-0.15, -0.1) is 0 Å². The standard InChI is InChI=1S/C18H25NS/c1-2-3-4-5-15-6-8-16(9-7-15)17-10-12-18(13-11-17)19-14-20/h10-13,15-16H,2-9H2,1H3. The molecule has 2 rings (SSSR count). The largest absolute Gasteiger partial charge is 0.195 e. The lowest BCUT2D eigenvalue weighted by molar-refractivity contribution is 0.303. The smallest absolute Gasteiger partial charge is 0.0739 e. The number of rotatable bonds is 6. The van der Waals surface area contributed by atoms with Gasteiger partial charge in [-0.1, -0.05) is 44.7 Å². The van der Waals surface area contributed by atoms with Gasteiger partial charge in [0, 0.05) is 0 Å². The lowest BCUT2D eigenvalue weighted by atomic mass is 9.77. The van der Waals surface area contributed by atoms with Crippen LogP contribution in [0.1, 0.15) is 69.8 Å². The van der Waals surface area contributed by atoms with Crippen LogP contribution in [0.15, 0.2) is 29.3 Å². The summed E-state index contributed by atoms with van der Waals surface area (Å²) in [6, 6.07) is 8.55. The van der Waals surface area contributed by atoms with Gasteiger partial charge < -0.3 is 0 Å². The molecule has 1 aliphatic carbocycles. The predicted molar refractivity (Wildman–Crippen MR) is 90.0 cm³/mol. The average Bonchev–Trinajstić information content (AvgIpc) is 2.49. The van der Waals surface area contributed by atoms with E-state index in [1.54, 1.807) is 0 Å². The zero-order valence-electron chi connectivity index (χ0n) is 12.5. The molecular weight excluding hydrogens is 262 g/mol. The molecule has 0 spiro atoms. The van der Waals surface area contributed by atoms with E-state index in [0.717, 1.165) is 17.5 Å². The van der Waals surface area contributed by atoms with Crippen molar-refractivity contribution in [2.45, 2.75) is 64.2 Å². The molecule has 0 atom stereocenters. The average molecular weight is 287 g/mol. The fourth-order valence-corrected chi connectivity index (χ4v) is 3.45. The Hall–Kier alpha value is -0.980. The summed E-state index contributed by atoms with van der Waals surface area (Å²) in [6.07, 6.45) is 11.1. The highest BCUT2D eigenvalue weighted by molar-refractivity contribution is 7.78. The van der Waals surface area contributed by atoms with Crippen molar-refractivity contribution in [1.82, 2.24) is 0 Å². The van der Waals surface area contributed by atoms with E-state index in [9.17, 15) is 0 Å². The molecule has 0 saturated heterocycles. The van der Waals surface area contributed by atoms with E-state index in [4.69, 9.17) is 0 Å². The molecule has 1 aromatic carbocycles. The first kappa shape index (κ1) is 15.4. The number of hydrogen-bond acceptors (Lipinski definition) is 2. The molecule has 108 valence electrons. The zero-order valence-corrected chi connectivity index (χ0v) is 13.3. The Morgan fingerprint density at radius 2 is 1.80 bits per heavy atom. The molecule has 0 unspecified atom stereocenters. The van der Waals surface area contributed by atoms with Crippen LogP contribution in [0.25, 0.3) is 0 Å². The van der Waals surface area contributed by atoms with Gasteiger partial charge in [0.15, 0.2) is 0 Å². The molecule has 1 aliphatic rings. The fourth-order valence-electron chi connectivity index (χ4n) is 3.34. The second-order valence-corrected chi connectivity index (χ2v) is 6.19. The van der Waals surface area contributed by atoms with E-state index < -0.39 is 0 Å². The van der Waals surface area contributed by atoms with E-state index in [2.05, 4.69) is 53.6 Å². The molecule has 0 aromatic heterocycles. The maximum atomic E-state index is 4.63. The van der Waals surface area contributed by atoms with Crippen LogP contribution in [0.5, 0.6) is 0 Å². The van der Waals surface area contributed by atoms with Crippen LogP contribution in [0.3, 0.4) is 0 Å². The summed E-state index contributed by atoms with van der Waals surface area (Å²) in [5, 5.41) is 2.42. The Balaban J connectivity index is 1.82. The van der Waals surface area contributed by atoms with Gasteiger partial charge in [0.05, 0.1) is 10.8 Å². The molecule has 1 saturated carbocycles. The first-order valence-electron chi connectivity index (χ1n) is 8.01. The summed E-state index contributed by atoms with van der Waals surface area (Å²) in [7, 11) is 0. The van der Waals surface area contributed by atoms with Crippen molar-refractivity contribution >= 4 is 23.1 Å². The van der Waals surface area contributed by atoms with E-state index in [-0.39, 0.29) is 0 Å². The van der Waals surface area contributed by atoms with E-state index in [0.29, 0.717) is 0 Å². The van der Waals surface area contributed by atoms with Crippen molar-refractivity contribution in [2.75, 3.05) is 0 Å². The Kier molecular flexibility index (Phi) is 6.42. The minimum atomic E-state index is 0.753. The highest BCUT2D eigenvalue weighted by Gasteiger charge is 2.21.